The molecule has 1 aromatic carbocycles. The molecule has 0 aliphatic heterocycles. The molecule has 0 saturated carbocycles. The standard InChI is InChI=1S/C12H15FN4O2S/c1-10-3-4-11(13)7-12(10)20(18,19)16-5-2-6-17-9-14-8-15-17/h3-4,7-9,16H,2,5-6H2,1H3. The fourth-order valence-electron chi connectivity index (χ4n) is 1.74. The van der Waals surface area contributed by atoms with Gasteiger partial charge in [0, 0.05) is 13.1 Å². The minimum Gasteiger partial charge on any atom is -0.253 e. The Morgan fingerprint density at radius 2 is 2.20 bits per heavy atom. The first kappa shape index (κ1) is 14.6. The van der Waals surface area contributed by atoms with Gasteiger partial charge < -0.3 is 0 Å². The minimum atomic E-state index is -3.69. The second kappa shape index (κ2) is 6.10. The number of aryl methyl sites for hydroxylation is 2. The number of nitrogens with one attached hydrogen (secondary N) is 1. The van der Waals surface area contributed by atoms with Crippen LogP contribution in [0.1, 0.15) is 12.0 Å². The van der Waals surface area contributed by atoms with E-state index in [0.717, 1.165) is 6.07 Å². The summed E-state index contributed by atoms with van der Waals surface area (Å²) in [6.45, 7) is 2.44. The van der Waals surface area contributed by atoms with Gasteiger partial charge in [0.2, 0.25) is 10.0 Å². The number of aromatic nitrogens is 3. The predicted octanol–water partition coefficient (Wildman–Crippen LogP) is 1.09. The Kier molecular flexibility index (Phi) is 4.46. The van der Waals surface area contributed by atoms with E-state index in [0.29, 0.717) is 18.5 Å². The van der Waals surface area contributed by atoms with E-state index < -0.39 is 15.8 Å². The van der Waals surface area contributed by atoms with Gasteiger partial charge in [-0.05, 0) is 31.0 Å². The van der Waals surface area contributed by atoms with Gasteiger partial charge in [0.1, 0.15) is 18.5 Å². The highest BCUT2D eigenvalue weighted by Gasteiger charge is 2.16. The summed E-state index contributed by atoms with van der Waals surface area (Å²) in [5, 5.41) is 3.91. The van der Waals surface area contributed by atoms with Crippen molar-refractivity contribution >= 4 is 10.0 Å². The van der Waals surface area contributed by atoms with E-state index in [9.17, 15) is 12.8 Å². The highest BCUT2D eigenvalue weighted by atomic mass is 32.2. The van der Waals surface area contributed by atoms with Crippen LogP contribution in [-0.4, -0.2) is 29.7 Å². The lowest BCUT2D eigenvalue weighted by Gasteiger charge is -2.09. The zero-order chi connectivity index (χ0) is 14.6. The van der Waals surface area contributed by atoms with Crippen LogP contribution < -0.4 is 4.72 Å². The number of halogens is 1. The number of rotatable bonds is 6. The highest BCUT2D eigenvalue weighted by Crippen LogP contribution is 2.16. The monoisotopic (exact) mass is 298 g/mol. The molecule has 0 bridgehead atoms. The average Bonchev–Trinajstić information content (AvgIpc) is 2.90. The van der Waals surface area contributed by atoms with Crippen molar-refractivity contribution in [1.82, 2.24) is 19.5 Å². The Morgan fingerprint density at radius 3 is 2.90 bits per heavy atom. The third kappa shape index (κ3) is 3.61. The van der Waals surface area contributed by atoms with Crippen molar-refractivity contribution in [2.75, 3.05) is 6.54 Å². The molecule has 0 aliphatic rings. The van der Waals surface area contributed by atoms with E-state index in [1.165, 1.54) is 18.5 Å². The van der Waals surface area contributed by atoms with Crippen molar-refractivity contribution in [3.63, 3.8) is 0 Å². The molecule has 1 aromatic heterocycles. The van der Waals surface area contributed by atoms with Crippen LogP contribution in [-0.2, 0) is 16.6 Å². The Balaban J connectivity index is 1.95. The van der Waals surface area contributed by atoms with E-state index in [4.69, 9.17) is 0 Å². The maximum absolute atomic E-state index is 13.1. The smallest absolute Gasteiger partial charge is 0.240 e. The second-order valence-corrected chi connectivity index (χ2v) is 6.06. The molecule has 2 aromatic rings. The molecule has 1 N–H and O–H groups in total. The van der Waals surface area contributed by atoms with Gasteiger partial charge in [0.25, 0.3) is 0 Å². The maximum Gasteiger partial charge on any atom is 0.240 e. The molecule has 2 rings (SSSR count). The lowest BCUT2D eigenvalue weighted by Crippen LogP contribution is -2.26. The maximum atomic E-state index is 13.1. The molecule has 0 amide bonds. The van der Waals surface area contributed by atoms with Crippen LogP contribution in [0.3, 0.4) is 0 Å². The average molecular weight is 298 g/mol. The van der Waals surface area contributed by atoms with Gasteiger partial charge in [0.15, 0.2) is 0 Å². The van der Waals surface area contributed by atoms with E-state index in [2.05, 4.69) is 14.8 Å². The molecule has 0 atom stereocenters. The van der Waals surface area contributed by atoms with Crippen LogP contribution in [0, 0.1) is 12.7 Å². The first-order valence-corrected chi connectivity index (χ1v) is 7.55. The topological polar surface area (TPSA) is 76.9 Å². The van der Waals surface area contributed by atoms with Crippen molar-refractivity contribution < 1.29 is 12.8 Å². The van der Waals surface area contributed by atoms with Gasteiger partial charge in [-0.3, -0.25) is 4.68 Å². The van der Waals surface area contributed by atoms with Crippen molar-refractivity contribution in [1.29, 1.82) is 0 Å². The van der Waals surface area contributed by atoms with Gasteiger partial charge in [-0.25, -0.2) is 22.5 Å². The summed E-state index contributed by atoms with van der Waals surface area (Å²) in [4.78, 5) is 3.76. The lowest BCUT2D eigenvalue weighted by molar-refractivity contribution is 0.550. The van der Waals surface area contributed by atoms with Crippen LogP contribution in [0.5, 0.6) is 0 Å². The van der Waals surface area contributed by atoms with E-state index in [1.54, 1.807) is 17.9 Å². The van der Waals surface area contributed by atoms with Crippen LogP contribution >= 0.6 is 0 Å². The zero-order valence-electron chi connectivity index (χ0n) is 11.0. The summed E-state index contributed by atoms with van der Waals surface area (Å²) in [7, 11) is -3.69. The lowest BCUT2D eigenvalue weighted by atomic mass is 10.2. The van der Waals surface area contributed by atoms with Gasteiger partial charge in [-0.2, -0.15) is 5.10 Å². The zero-order valence-corrected chi connectivity index (χ0v) is 11.8. The van der Waals surface area contributed by atoms with Crippen molar-refractivity contribution in [3.05, 3.63) is 42.2 Å². The van der Waals surface area contributed by atoms with Gasteiger partial charge in [-0.15, -0.1) is 0 Å². The first-order chi connectivity index (χ1) is 9.49. The quantitative estimate of drug-likeness (QED) is 0.810. The summed E-state index contributed by atoms with van der Waals surface area (Å²) in [6, 6.07) is 3.70. The predicted molar refractivity (Wildman–Crippen MR) is 71.0 cm³/mol. The molecule has 8 heteroatoms. The number of nitrogens with zero attached hydrogens (tertiary/aromatic N) is 3. The molecule has 0 saturated heterocycles. The number of hydrogen-bond acceptors (Lipinski definition) is 4. The molecule has 20 heavy (non-hydrogen) atoms. The molecule has 0 unspecified atom stereocenters. The Morgan fingerprint density at radius 1 is 1.40 bits per heavy atom. The number of sulfonamides is 1. The molecule has 1 heterocycles. The van der Waals surface area contributed by atoms with Gasteiger partial charge in [0.05, 0.1) is 4.90 Å². The van der Waals surface area contributed by atoms with Crippen LogP contribution in [0.25, 0.3) is 0 Å². The summed E-state index contributed by atoms with van der Waals surface area (Å²) < 4.78 is 41.3. The molecule has 0 spiro atoms. The number of hydrogen-bond donors (Lipinski definition) is 1. The first-order valence-electron chi connectivity index (χ1n) is 6.07. The summed E-state index contributed by atoms with van der Waals surface area (Å²) in [5.41, 5.74) is 0.509. The Labute approximate surface area is 116 Å². The molecule has 108 valence electrons. The third-order valence-corrected chi connectivity index (χ3v) is 4.37. The summed E-state index contributed by atoms with van der Waals surface area (Å²) in [6.07, 6.45) is 3.54. The molecular formula is C12H15FN4O2S. The van der Waals surface area contributed by atoms with Crippen LogP contribution in [0.2, 0.25) is 0 Å². The van der Waals surface area contributed by atoms with Gasteiger partial charge in [-0.1, -0.05) is 6.07 Å². The van der Waals surface area contributed by atoms with Crippen molar-refractivity contribution in [3.8, 4) is 0 Å². The summed E-state index contributed by atoms with van der Waals surface area (Å²) >= 11 is 0. The van der Waals surface area contributed by atoms with Crippen molar-refractivity contribution in [2.45, 2.75) is 24.8 Å². The SMILES string of the molecule is Cc1ccc(F)cc1S(=O)(=O)NCCCn1cncn1. The summed E-state index contributed by atoms with van der Waals surface area (Å²) in [5.74, 6) is -0.571. The van der Waals surface area contributed by atoms with Crippen LogP contribution in [0.4, 0.5) is 4.39 Å². The van der Waals surface area contributed by atoms with Gasteiger partial charge >= 0.3 is 0 Å². The molecule has 0 fully saturated rings. The Bertz CT molecular complexity index is 671. The van der Waals surface area contributed by atoms with E-state index >= 15 is 0 Å². The third-order valence-electron chi connectivity index (χ3n) is 2.76. The second-order valence-electron chi connectivity index (χ2n) is 4.32. The van der Waals surface area contributed by atoms with Crippen LogP contribution in [0.15, 0.2) is 35.7 Å². The fourth-order valence-corrected chi connectivity index (χ4v) is 3.07. The fraction of sp³-hybridized carbons (Fsp3) is 0.333. The molecule has 6 nitrogen and oxygen atoms in total. The largest absolute Gasteiger partial charge is 0.253 e. The molecular weight excluding hydrogens is 283 g/mol. The normalized spacial score (nSPS) is 11.7. The van der Waals surface area contributed by atoms with E-state index in [-0.39, 0.29) is 11.4 Å². The highest BCUT2D eigenvalue weighted by molar-refractivity contribution is 7.89. The molecule has 0 aliphatic carbocycles. The minimum absolute atomic E-state index is 0.0294. The number of benzene rings is 1. The molecule has 0 radical (unpaired) electrons. The van der Waals surface area contributed by atoms with E-state index in [1.807, 2.05) is 0 Å². The van der Waals surface area contributed by atoms with Crippen molar-refractivity contribution in [2.24, 2.45) is 0 Å². The Hall–Kier alpha value is -1.80.